The number of anilines is 2. The molecule has 146 valence electrons. The molecule has 3 aromatic rings. The van der Waals surface area contributed by atoms with E-state index in [-0.39, 0.29) is 11.3 Å². The van der Waals surface area contributed by atoms with E-state index in [9.17, 15) is 4.79 Å². The van der Waals surface area contributed by atoms with E-state index in [1.54, 1.807) is 7.11 Å². The minimum atomic E-state index is -0.176. The minimum Gasteiger partial charge on any atom is -0.495 e. The molecule has 3 rings (SSSR count). The van der Waals surface area contributed by atoms with Gasteiger partial charge in [-0.3, -0.25) is 4.79 Å². The van der Waals surface area contributed by atoms with Crippen molar-refractivity contribution in [3.05, 3.63) is 59.0 Å². The van der Waals surface area contributed by atoms with E-state index in [1.165, 1.54) is 16.9 Å². The van der Waals surface area contributed by atoms with E-state index in [4.69, 9.17) is 4.74 Å². The highest BCUT2D eigenvalue weighted by molar-refractivity contribution is 7.14. The lowest BCUT2D eigenvalue weighted by Gasteiger charge is -2.19. The summed E-state index contributed by atoms with van der Waals surface area (Å²) in [5.41, 5.74) is 4.22. The van der Waals surface area contributed by atoms with E-state index >= 15 is 0 Å². The second-order valence-corrected chi connectivity index (χ2v) is 8.34. The molecular formula is C22H25N3O2S. The van der Waals surface area contributed by atoms with Crippen LogP contribution < -0.4 is 15.4 Å². The van der Waals surface area contributed by atoms with Crippen molar-refractivity contribution < 1.29 is 9.53 Å². The number of methoxy groups -OCH3 is 1. The molecule has 0 aliphatic carbocycles. The molecule has 0 radical (unpaired) electrons. The average Bonchev–Trinajstić information content (AvgIpc) is 3.16. The molecule has 0 aliphatic heterocycles. The molecule has 2 aromatic carbocycles. The van der Waals surface area contributed by atoms with E-state index < -0.39 is 0 Å². The Morgan fingerprint density at radius 2 is 1.82 bits per heavy atom. The Kier molecular flexibility index (Phi) is 5.70. The second kappa shape index (κ2) is 8.02. The largest absolute Gasteiger partial charge is 0.495 e. The molecule has 0 aliphatic rings. The van der Waals surface area contributed by atoms with Gasteiger partial charge in [0.1, 0.15) is 5.75 Å². The predicted octanol–water partition coefficient (Wildman–Crippen LogP) is 5.41. The van der Waals surface area contributed by atoms with E-state index in [2.05, 4.69) is 36.4 Å². The van der Waals surface area contributed by atoms with Gasteiger partial charge in [0.25, 0.3) is 5.91 Å². The number of aromatic nitrogens is 1. The summed E-state index contributed by atoms with van der Waals surface area (Å²) in [5.74, 6) is 0.428. The first-order chi connectivity index (χ1) is 13.3. The van der Waals surface area contributed by atoms with Crippen molar-refractivity contribution in [3.8, 4) is 17.0 Å². The highest BCUT2D eigenvalue weighted by Gasteiger charge is 2.16. The molecule has 1 amide bonds. The zero-order valence-electron chi connectivity index (χ0n) is 16.8. The Morgan fingerprint density at radius 3 is 2.39 bits per heavy atom. The molecule has 1 heterocycles. The predicted molar refractivity (Wildman–Crippen MR) is 117 cm³/mol. The van der Waals surface area contributed by atoms with Crippen LogP contribution in [0.2, 0.25) is 0 Å². The number of hydrogen-bond donors (Lipinski definition) is 2. The van der Waals surface area contributed by atoms with Crippen LogP contribution >= 0.6 is 11.3 Å². The molecular weight excluding hydrogens is 370 g/mol. The maximum Gasteiger partial charge on any atom is 0.255 e. The van der Waals surface area contributed by atoms with Gasteiger partial charge in [-0.2, -0.15) is 0 Å². The zero-order valence-corrected chi connectivity index (χ0v) is 17.6. The van der Waals surface area contributed by atoms with Gasteiger partial charge < -0.3 is 15.4 Å². The van der Waals surface area contributed by atoms with Gasteiger partial charge in [0.2, 0.25) is 0 Å². The number of ether oxygens (including phenoxy) is 1. The van der Waals surface area contributed by atoms with Crippen LogP contribution in [0.3, 0.4) is 0 Å². The number of carbonyl (C=O) groups is 1. The highest BCUT2D eigenvalue weighted by Crippen LogP contribution is 2.32. The van der Waals surface area contributed by atoms with Crippen molar-refractivity contribution >= 4 is 28.1 Å². The van der Waals surface area contributed by atoms with Gasteiger partial charge in [0.15, 0.2) is 5.13 Å². The summed E-state index contributed by atoms with van der Waals surface area (Å²) in [6.07, 6.45) is 0. The quantitative estimate of drug-likeness (QED) is 0.606. The molecule has 0 spiro atoms. The smallest absolute Gasteiger partial charge is 0.255 e. The lowest BCUT2D eigenvalue weighted by molar-refractivity contribution is 0.102. The maximum absolute atomic E-state index is 12.8. The van der Waals surface area contributed by atoms with Gasteiger partial charge in [-0.15, -0.1) is 11.3 Å². The first kappa shape index (κ1) is 19.9. The van der Waals surface area contributed by atoms with E-state index in [1.807, 2.05) is 54.9 Å². The number of rotatable bonds is 5. The molecule has 0 unspecified atom stereocenters. The highest BCUT2D eigenvalue weighted by atomic mass is 32.1. The topological polar surface area (TPSA) is 63.3 Å². The number of thiazole rings is 1. The number of nitrogens with zero attached hydrogens (tertiary/aromatic N) is 1. The first-order valence-corrected chi connectivity index (χ1v) is 9.93. The minimum absolute atomic E-state index is 0.0479. The number of carbonyl (C=O) groups excluding carboxylic acids is 1. The normalized spacial score (nSPS) is 11.2. The van der Waals surface area contributed by atoms with Crippen LogP contribution in [0.1, 0.15) is 36.7 Å². The van der Waals surface area contributed by atoms with Gasteiger partial charge in [0.05, 0.1) is 18.5 Å². The SMILES string of the molecule is CNc1nc(-c2ccc(OC)c(NC(=O)c3ccc(C(C)(C)C)cc3)c2)cs1. The summed E-state index contributed by atoms with van der Waals surface area (Å²) in [6.45, 7) is 6.45. The Balaban J connectivity index is 1.85. The van der Waals surface area contributed by atoms with Gasteiger partial charge in [0, 0.05) is 23.6 Å². The summed E-state index contributed by atoms with van der Waals surface area (Å²) in [5, 5.41) is 8.82. The van der Waals surface area contributed by atoms with Crippen molar-refractivity contribution in [2.75, 3.05) is 24.8 Å². The molecule has 0 fully saturated rings. The fourth-order valence-electron chi connectivity index (χ4n) is 2.80. The average molecular weight is 396 g/mol. The van der Waals surface area contributed by atoms with Crippen molar-refractivity contribution in [2.24, 2.45) is 0 Å². The molecule has 0 atom stereocenters. The Bertz CT molecular complexity index is 972. The van der Waals surface area contributed by atoms with Crippen LogP contribution in [0.15, 0.2) is 47.8 Å². The lowest BCUT2D eigenvalue weighted by Crippen LogP contribution is -2.14. The van der Waals surface area contributed by atoms with Crippen LogP contribution in [-0.2, 0) is 5.41 Å². The Labute approximate surface area is 169 Å². The molecule has 2 N–H and O–H groups in total. The summed E-state index contributed by atoms with van der Waals surface area (Å²) < 4.78 is 5.42. The van der Waals surface area contributed by atoms with Crippen molar-refractivity contribution in [1.29, 1.82) is 0 Å². The molecule has 6 heteroatoms. The summed E-state index contributed by atoms with van der Waals surface area (Å²) in [4.78, 5) is 17.3. The fraction of sp³-hybridized carbons (Fsp3) is 0.273. The van der Waals surface area contributed by atoms with E-state index in [0.29, 0.717) is 17.0 Å². The van der Waals surface area contributed by atoms with Crippen LogP contribution in [0.5, 0.6) is 5.75 Å². The molecule has 1 aromatic heterocycles. The first-order valence-electron chi connectivity index (χ1n) is 9.05. The number of benzene rings is 2. The van der Waals surface area contributed by atoms with Gasteiger partial charge in [-0.25, -0.2) is 4.98 Å². The molecule has 28 heavy (non-hydrogen) atoms. The van der Waals surface area contributed by atoms with Crippen LogP contribution in [0, 0.1) is 0 Å². The maximum atomic E-state index is 12.8. The summed E-state index contributed by atoms with van der Waals surface area (Å²) >= 11 is 1.53. The number of nitrogens with one attached hydrogen (secondary N) is 2. The Hall–Kier alpha value is -2.86. The molecule has 0 saturated heterocycles. The van der Waals surface area contributed by atoms with Crippen molar-refractivity contribution in [3.63, 3.8) is 0 Å². The number of hydrogen-bond acceptors (Lipinski definition) is 5. The van der Waals surface area contributed by atoms with Crippen LogP contribution in [0.25, 0.3) is 11.3 Å². The second-order valence-electron chi connectivity index (χ2n) is 7.48. The summed E-state index contributed by atoms with van der Waals surface area (Å²) in [6, 6.07) is 13.4. The van der Waals surface area contributed by atoms with Gasteiger partial charge >= 0.3 is 0 Å². The molecule has 0 saturated carbocycles. The third-order valence-electron chi connectivity index (χ3n) is 4.47. The van der Waals surface area contributed by atoms with Gasteiger partial charge in [-0.05, 0) is 41.3 Å². The molecule has 5 nitrogen and oxygen atoms in total. The standard InChI is InChI=1S/C22H25N3O2S/c1-22(2,3)16-9-6-14(7-10-16)20(26)24-17-12-15(8-11-19(17)27-5)18-13-28-21(23-4)25-18/h6-13H,1-5H3,(H,23,25)(H,24,26). The lowest BCUT2D eigenvalue weighted by atomic mass is 9.87. The van der Waals surface area contributed by atoms with Gasteiger partial charge in [-0.1, -0.05) is 32.9 Å². The fourth-order valence-corrected chi connectivity index (χ4v) is 3.48. The van der Waals surface area contributed by atoms with Crippen molar-refractivity contribution in [2.45, 2.75) is 26.2 Å². The van der Waals surface area contributed by atoms with Crippen LogP contribution in [0.4, 0.5) is 10.8 Å². The number of amides is 1. The molecule has 0 bridgehead atoms. The zero-order chi connectivity index (χ0) is 20.3. The monoisotopic (exact) mass is 395 g/mol. The third kappa shape index (κ3) is 4.34. The Morgan fingerprint density at radius 1 is 1.11 bits per heavy atom. The van der Waals surface area contributed by atoms with E-state index in [0.717, 1.165) is 16.4 Å². The van der Waals surface area contributed by atoms with Crippen molar-refractivity contribution in [1.82, 2.24) is 4.98 Å². The van der Waals surface area contributed by atoms with Crippen LogP contribution in [-0.4, -0.2) is 25.0 Å². The summed E-state index contributed by atoms with van der Waals surface area (Å²) in [7, 11) is 3.43. The third-order valence-corrected chi connectivity index (χ3v) is 5.33.